The highest BCUT2D eigenvalue weighted by atomic mass is 19.1. The van der Waals surface area contributed by atoms with Crippen LogP contribution in [-0.4, -0.2) is 16.8 Å². The lowest BCUT2D eigenvalue weighted by Crippen LogP contribution is -2.40. The molecule has 1 heterocycles. The highest BCUT2D eigenvalue weighted by Gasteiger charge is 2.24. The average Bonchev–Trinajstić information content (AvgIpc) is 2.56. The van der Waals surface area contributed by atoms with E-state index in [0.717, 1.165) is 18.2 Å². The molecule has 2 N–H and O–H groups in total. The molecule has 1 aromatic heterocycles. The first-order valence-corrected chi connectivity index (χ1v) is 7.37. The summed E-state index contributed by atoms with van der Waals surface area (Å²) in [5.74, 6) is -4.10. The summed E-state index contributed by atoms with van der Waals surface area (Å²) in [6.45, 7) is 3.71. The minimum Gasteiger partial charge on any atom is -0.339 e. The number of nitrogens with one attached hydrogen (secondary N) is 2. The minimum absolute atomic E-state index is 0.0400. The van der Waals surface area contributed by atoms with Gasteiger partial charge in [-0.1, -0.05) is 26.0 Å². The van der Waals surface area contributed by atoms with Gasteiger partial charge in [0.05, 0.1) is 11.7 Å². The molecule has 0 radical (unpaired) electrons. The van der Waals surface area contributed by atoms with Crippen LogP contribution < -0.4 is 10.6 Å². The van der Waals surface area contributed by atoms with Crippen molar-refractivity contribution in [2.75, 3.05) is 5.32 Å². The number of benzene rings is 1. The fraction of sp³-hybridized carbons (Fsp3) is 0.235. The standard InChI is InChI=1S/C17H17F2N3O2/c1-10(2)14(13-8-3-4-9-20-13)21-16(23)17(24)22-15-11(18)6-5-7-12(15)19/h3-10,14H,1-2H3,(H,21,23)(H,22,24). The zero-order chi connectivity index (χ0) is 17.7. The van der Waals surface area contributed by atoms with Crippen LogP contribution in [0.4, 0.5) is 14.5 Å². The predicted octanol–water partition coefficient (Wildman–Crippen LogP) is 2.81. The molecule has 1 atom stereocenters. The monoisotopic (exact) mass is 333 g/mol. The molecule has 1 aromatic carbocycles. The Kier molecular flexibility index (Phi) is 5.57. The molecule has 0 spiro atoms. The normalized spacial score (nSPS) is 11.9. The highest BCUT2D eigenvalue weighted by molar-refractivity contribution is 6.39. The third-order valence-corrected chi connectivity index (χ3v) is 3.37. The summed E-state index contributed by atoms with van der Waals surface area (Å²) in [4.78, 5) is 28.2. The van der Waals surface area contributed by atoms with Crippen LogP contribution in [0, 0.1) is 17.6 Å². The first-order valence-electron chi connectivity index (χ1n) is 7.37. The van der Waals surface area contributed by atoms with E-state index in [9.17, 15) is 18.4 Å². The van der Waals surface area contributed by atoms with E-state index in [4.69, 9.17) is 0 Å². The Labute approximate surface area is 138 Å². The Balaban J connectivity index is 2.11. The number of rotatable bonds is 4. The molecule has 5 nitrogen and oxygen atoms in total. The van der Waals surface area contributed by atoms with Crippen LogP contribution in [0.1, 0.15) is 25.6 Å². The number of hydrogen-bond donors (Lipinski definition) is 2. The molecule has 0 saturated carbocycles. The number of hydrogen-bond acceptors (Lipinski definition) is 3. The molecule has 0 aliphatic rings. The molecular formula is C17H17F2N3O2. The van der Waals surface area contributed by atoms with E-state index >= 15 is 0 Å². The second-order valence-electron chi connectivity index (χ2n) is 5.50. The molecule has 2 amide bonds. The maximum atomic E-state index is 13.5. The van der Waals surface area contributed by atoms with Crippen molar-refractivity contribution < 1.29 is 18.4 Å². The van der Waals surface area contributed by atoms with Gasteiger partial charge in [-0.15, -0.1) is 0 Å². The molecule has 0 aliphatic carbocycles. The second kappa shape index (κ2) is 7.63. The minimum atomic E-state index is -1.15. The van der Waals surface area contributed by atoms with Crippen LogP contribution in [0.5, 0.6) is 0 Å². The first kappa shape index (κ1) is 17.5. The Hall–Kier alpha value is -2.83. The third kappa shape index (κ3) is 4.13. The maximum Gasteiger partial charge on any atom is 0.313 e. The van der Waals surface area contributed by atoms with Gasteiger partial charge in [-0.3, -0.25) is 14.6 Å². The summed E-state index contributed by atoms with van der Waals surface area (Å²) < 4.78 is 27.1. The molecule has 7 heteroatoms. The number of amides is 2. The topological polar surface area (TPSA) is 71.1 Å². The fourth-order valence-electron chi connectivity index (χ4n) is 2.14. The Morgan fingerprint density at radius 2 is 1.67 bits per heavy atom. The van der Waals surface area contributed by atoms with Crippen molar-refractivity contribution in [3.63, 3.8) is 0 Å². The molecule has 24 heavy (non-hydrogen) atoms. The maximum absolute atomic E-state index is 13.5. The van der Waals surface area contributed by atoms with Crippen molar-refractivity contribution in [3.8, 4) is 0 Å². The van der Waals surface area contributed by atoms with Gasteiger partial charge in [0, 0.05) is 6.20 Å². The molecule has 0 bridgehead atoms. The van der Waals surface area contributed by atoms with Crippen molar-refractivity contribution in [2.24, 2.45) is 5.92 Å². The summed E-state index contributed by atoms with van der Waals surface area (Å²) in [6.07, 6.45) is 1.58. The van der Waals surface area contributed by atoms with E-state index < -0.39 is 35.2 Å². The summed E-state index contributed by atoms with van der Waals surface area (Å²) in [7, 11) is 0. The number of anilines is 1. The summed E-state index contributed by atoms with van der Waals surface area (Å²) >= 11 is 0. The lowest BCUT2D eigenvalue weighted by molar-refractivity contribution is -0.136. The molecular weight excluding hydrogens is 316 g/mol. The first-order chi connectivity index (χ1) is 11.4. The van der Waals surface area contributed by atoms with Crippen molar-refractivity contribution in [1.29, 1.82) is 0 Å². The largest absolute Gasteiger partial charge is 0.339 e. The van der Waals surface area contributed by atoms with Crippen molar-refractivity contribution in [3.05, 3.63) is 59.9 Å². The van der Waals surface area contributed by atoms with E-state index in [-0.39, 0.29) is 5.92 Å². The number of pyridine rings is 1. The van der Waals surface area contributed by atoms with Gasteiger partial charge >= 0.3 is 11.8 Å². The number of carbonyl (C=O) groups excluding carboxylic acids is 2. The van der Waals surface area contributed by atoms with Crippen molar-refractivity contribution in [2.45, 2.75) is 19.9 Å². The highest BCUT2D eigenvalue weighted by Crippen LogP contribution is 2.20. The van der Waals surface area contributed by atoms with Crippen LogP contribution >= 0.6 is 0 Å². The van der Waals surface area contributed by atoms with Crippen LogP contribution in [0.15, 0.2) is 42.6 Å². The van der Waals surface area contributed by atoms with E-state index in [2.05, 4.69) is 10.3 Å². The average molecular weight is 333 g/mol. The van der Waals surface area contributed by atoms with E-state index in [1.54, 1.807) is 24.4 Å². The van der Waals surface area contributed by atoms with Crippen LogP contribution in [0.25, 0.3) is 0 Å². The molecule has 0 saturated heterocycles. The Morgan fingerprint density at radius 1 is 1.00 bits per heavy atom. The fourth-order valence-corrected chi connectivity index (χ4v) is 2.14. The van der Waals surface area contributed by atoms with E-state index in [1.807, 2.05) is 19.2 Å². The van der Waals surface area contributed by atoms with E-state index in [1.165, 1.54) is 0 Å². The van der Waals surface area contributed by atoms with Gasteiger partial charge in [-0.2, -0.15) is 0 Å². The molecule has 2 aromatic rings. The van der Waals surface area contributed by atoms with Crippen LogP contribution in [0.2, 0.25) is 0 Å². The van der Waals surface area contributed by atoms with Gasteiger partial charge in [-0.25, -0.2) is 8.78 Å². The summed E-state index contributed by atoms with van der Waals surface area (Å²) in [5.41, 5.74) is -0.0673. The lowest BCUT2D eigenvalue weighted by Gasteiger charge is -2.21. The lowest BCUT2D eigenvalue weighted by atomic mass is 10.0. The van der Waals surface area contributed by atoms with Crippen molar-refractivity contribution in [1.82, 2.24) is 10.3 Å². The predicted molar refractivity (Wildman–Crippen MR) is 84.9 cm³/mol. The molecule has 126 valence electrons. The molecule has 0 fully saturated rings. The Morgan fingerprint density at radius 3 is 2.21 bits per heavy atom. The quantitative estimate of drug-likeness (QED) is 0.845. The van der Waals surface area contributed by atoms with Crippen molar-refractivity contribution >= 4 is 17.5 Å². The summed E-state index contributed by atoms with van der Waals surface area (Å²) in [6, 6.07) is 7.85. The third-order valence-electron chi connectivity index (χ3n) is 3.37. The van der Waals surface area contributed by atoms with Gasteiger partial charge in [0.1, 0.15) is 17.3 Å². The molecule has 2 rings (SSSR count). The van der Waals surface area contributed by atoms with Gasteiger partial charge in [-0.05, 0) is 30.2 Å². The number of carbonyl (C=O) groups is 2. The number of aromatic nitrogens is 1. The molecule has 1 unspecified atom stereocenters. The van der Waals surface area contributed by atoms with E-state index in [0.29, 0.717) is 5.69 Å². The van der Waals surface area contributed by atoms with Gasteiger partial charge in [0.15, 0.2) is 0 Å². The smallest absolute Gasteiger partial charge is 0.313 e. The zero-order valence-corrected chi connectivity index (χ0v) is 13.2. The second-order valence-corrected chi connectivity index (χ2v) is 5.50. The number of halogens is 2. The van der Waals surface area contributed by atoms with Gasteiger partial charge in [0.25, 0.3) is 0 Å². The number of nitrogens with zero attached hydrogens (tertiary/aromatic N) is 1. The van der Waals surface area contributed by atoms with Crippen LogP contribution in [-0.2, 0) is 9.59 Å². The van der Waals surface area contributed by atoms with Gasteiger partial charge < -0.3 is 10.6 Å². The zero-order valence-electron chi connectivity index (χ0n) is 13.2. The molecule has 0 aliphatic heterocycles. The Bertz CT molecular complexity index is 716. The number of para-hydroxylation sites is 1. The summed E-state index contributed by atoms with van der Waals surface area (Å²) in [5, 5.41) is 4.49. The SMILES string of the molecule is CC(C)C(NC(=O)C(=O)Nc1c(F)cccc1F)c1ccccn1. The van der Waals surface area contributed by atoms with Crippen LogP contribution in [0.3, 0.4) is 0 Å². The van der Waals surface area contributed by atoms with Gasteiger partial charge in [0.2, 0.25) is 0 Å².